The normalized spacial score (nSPS) is 16.4. The maximum absolute atomic E-state index is 5.37. The Kier molecular flexibility index (Phi) is 6.64. The van der Waals surface area contributed by atoms with Crippen molar-refractivity contribution in [3.63, 3.8) is 0 Å². The van der Waals surface area contributed by atoms with Crippen LogP contribution in [0.4, 0.5) is 0 Å². The van der Waals surface area contributed by atoms with Crippen molar-refractivity contribution in [2.24, 2.45) is 4.99 Å². The molecule has 1 aliphatic rings. The van der Waals surface area contributed by atoms with Crippen molar-refractivity contribution < 1.29 is 4.42 Å². The summed E-state index contributed by atoms with van der Waals surface area (Å²) in [5.41, 5.74) is 0. The number of nitrogens with zero attached hydrogens (tertiary/aromatic N) is 2. The van der Waals surface area contributed by atoms with E-state index in [9.17, 15) is 0 Å². The molecule has 1 aliphatic carbocycles. The van der Waals surface area contributed by atoms with Crippen molar-refractivity contribution in [3.05, 3.63) is 24.2 Å². The Labute approximate surface area is 128 Å². The van der Waals surface area contributed by atoms with Crippen LogP contribution in [0.25, 0.3) is 0 Å². The Hall–Kier alpha value is -1.45. The van der Waals surface area contributed by atoms with Gasteiger partial charge in [0.15, 0.2) is 5.96 Å². The smallest absolute Gasteiger partial charge is 0.193 e. The third kappa shape index (κ3) is 5.44. The number of furan rings is 1. The molecule has 1 aromatic heterocycles. The molecule has 4 nitrogen and oxygen atoms in total. The van der Waals surface area contributed by atoms with E-state index in [1.807, 2.05) is 12.1 Å². The van der Waals surface area contributed by atoms with Gasteiger partial charge in [-0.25, -0.2) is 0 Å². The van der Waals surface area contributed by atoms with Gasteiger partial charge in [-0.15, -0.1) is 0 Å². The van der Waals surface area contributed by atoms with E-state index in [0.717, 1.165) is 31.2 Å². The molecule has 0 spiro atoms. The third-order valence-corrected chi connectivity index (χ3v) is 4.10. The molecular weight excluding hydrogens is 262 g/mol. The summed E-state index contributed by atoms with van der Waals surface area (Å²) in [5, 5.41) is 3.65. The van der Waals surface area contributed by atoms with E-state index < -0.39 is 0 Å². The summed E-state index contributed by atoms with van der Waals surface area (Å²) in [7, 11) is 2.14. The fourth-order valence-electron chi connectivity index (χ4n) is 2.76. The van der Waals surface area contributed by atoms with Gasteiger partial charge >= 0.3 is 0 Å². The largest absolute Gasteiger partial charge is 0.469 e. The summed E-state index contributed by atoms with van der Waals surface area (Å²) < 4.78 is 5.37. The minimum atomic E-state index is 0.608. The summed E-state index contributed by atoms with van der Waals surface area (Å²) in [6, 6.07) is 4.56. The summed E-state index contributed by atoms with van der Waals surface area (Å²) in [5.74, 6) is 2.07. The summed E-state index contributed by atoms with van der Waals surface area (Å²) >= 11 is 0. The summed E-state index contributed by atoms with van der Waals surface area (Å²) in [6.45, 7) is 4.07. The van der Waals surface area contributed by atoms with Crippen molar-refractivity contribution in [1.82, 2.24) is 10.2 Å². The predicted molar refractivity (Wildman–Crippen MR) is 87.6 cm³/mol. The van der Waals surface area contributed by atoms with Crippen molar-refractivity contribution >= 4 is 5.96 Å². The lowest BCUT2D eigenvalue weighted by atomic mass is 10.2. The van der Waals surface area contributed by atoms with Gasteiger partial charge in [0, 0.05) is 32.6 Å². The fraction of sp³-hybridized carbons (Fsp3) is 0.706. The second-order valence-corrected chi connectivity index (χ2v) is 5.94. The molecule has 2 rings (SSSR count). The topological polar surface area (TPSA) is 40.8 Å². The Morgan fingerprint density at radius 2 is 2.24 bits per heavy atom. The number of rotatable bonds is 7. The van der Waals surface area contributed by atoms with Crippen LogP contribution < -0.4 is 5.32 Å². The maximum Gasteiger partial charge on any atom is 0.193 e. The van der Waals surface area contributed by atoms with Crippen LogP contribution in [0, 0.1) is 0 Å². The van der Waals surface area contributed by atoms with Gasteiger partial charge in [0.25, 0.3) is 0 Å². The fourth-order valence-corrected chi connectivity index (χ4v) is 2.76. The monoisotopic (exact) mass is 291 g/mol. The van der Waals surface area contributed by atoms with Crippen molar-refractivity contribution in [1.29, 1.82) is 0 Å². The SMILES string of the molecule is CCCCN(C)C(=NCCc1ccco1)NC1CCCC1. The van der Waals surface area contributed by atoms with Crippen LogP contribution in [0.5, 0.6) is 0 Å². The zero-order valence-corrected chi connectivity index (χ0v) is 13.5. The average Bonchev–Trinajstić information content (AvgIpc) is 3.17. The molecule has 0 bridgehead atoms. The van der Waals surface area contributed by atoms with Crippen LogP contribution in [-0.4, -0.2) is 37.0 Å². The van der Waals surface area contributed by atoms with Gasteiger partial charge in [-0.2, -0.15) is 0 Å². The van der Waals surface area contributed by atoms with E-state index in [-0.39, 0.29) is 0 Å². The van der Waals surface area contributed by atoms with Crippen LogP contribution in [-0.2, 0) is 6.42 Å². The maximum atomic E-state index is 5.37. The van der Waals surface area contributed by atoms with E-state index in [4.69, 9.17) is 9.41 Å². The first-order chi connectivity index (χ1) is 10.3. The number of unbranched alkanes of at least 4 members (excludes halogenated alkanes) is 1. The lowest BCUT2D eigenvalue weighted by Crippen LogP contribution is -2.44. The standard InChI is InChI=1S/C17H29N3O/c1-3-4-13-20(2)17(19-15-8-5-6-9-15)18-12-11-16-10-7-14-21-16/h7,10,14-15H,3-6,8-9,11-13H2,1-2H3,(H,18,19). The minimum Gasteiger partial charge on any atom is -0.469 e. The zero-order valence-electron chi connectivity index (χ0n) is 13.5. The highest BCUT2D eigenvalue weighted by atomic mass is 16.3. The van der Waals surface area contributed by atoms with Crippen LogP contribution in [0.1, 0.15) is 51.2 Å². The highest BCUT2D eigenvalue weighted by molar-refractivity contribution is 5.80. The van der Waals surface area contributed by atoms with E-state index in [0.29, 0.717) is 6.04 Å². The molecule has 1 heterocycles. The van der Waals surface area contributed by atoms with Crippen LogP contribution in [0.2, 0.25) is 0 Å². The second-order valence-electron chi connectivity index (χ2n) is 5.94. The van der Waals surface area contributed by atoms with Gasteiger partial charge in [0.1, 0.15) is 5.76 Å². The lowest BCUT2D eigenvalue weighted by molar-refractivity contribution is 0.447. The third-order valence-electron chi connectivity index (χ3n) is 4.10. The molecule has 1 saturated carbocycles. The Balaban J connectivity index is 1.88. The van der Waals surface area contributed by atoms with Gasteiger partial charge in [-0.1, -0.05) is 26.2 Å². The molecule has 1 N–H and O–H groups in total. The molecule has 118 valence electrons. The Morgan fingerprint density at radius 3 is 2.90 bits per heavy atom. The molecule has 0 aliphatic heterocycles. The molecule has 0 amide bonds. The predicted octanol–water partition coefficient (Wildman–Crippen LogP) is 3.44. The number of nitrogens with one attached hydrogen (secondary N) is 1. The van der Waals surface area contributed by atoms with E-state index in [1.54, 1.807) is 6.26 Å². The molecule has 4 heteroatoms. The molecule has 0 aromatic carbocycles. The van der Waals surface area contributed by atoms with Gasteiger partial charge in [-0.3, -0.25) is 4.99 Å². The summed E-state index contributed by atoms with van der Waals surface area (Å²) in [6.07, 6.45) is 10.3. The Morgan fingerprint density at radius 1 is 1.43 bits per heavy atom. The van der Waals surface area contributed by atoms with E-state index in [1.165, 1.54) is 38.5 Å². The number of guanidine groups is 1. The number of hydrogen-bond donors (Lipinski definition) is 1. The van der Waals surface area contributed by atoms with Crippen molar-refractivity contribution in [2.45, 2.75) is 57.9 Å². The van der Waals surface area contributed by atoms with Gasteiger partial charge in [0.05, 0.1) is 6.26 Å². The highest BCUT2D eigenvalue weighted by Crippen LogP contribution is 2.17. The van der Waals surface area contributed by atoms with E-state index >= 15 is 0 Å². The molecule has 0 atom stereocenters. The van der Waals surface area contributed by atoms with Crippen molar-refractivity contribution in [2.75, 3.05) is 20.1 Å². The molecule has 0 saturated heterocycles. The van der Waals surface area contributed by atoms with Crippen molar-refractivity contribution in [3.8, 4) is 0 Å². The van der Waals surface area contributed by atoms with Gasteiger partial charge in [0.2, 0.25) is 0 Å². The minimum absolute atomic E-state index is 0.608. The Bertz CT molecular complexity index is 408. The molecule has 0 radical (unpaired) electrons. The first-order valence-electron chi connectivity index (χ1n) is 8.34. The molecule has 21 heavy (non-hydrogen) atoms. The number of aliphatic imine (C=N–C) groups is 1. The molecule has 1 fully saturated rings. The second kappa shape index (κ2) is 8.75. The molecular formula is C17H29N3O. The number of hydrogen-bond acceptors (Lipinski definition) is 2. The van der Waals surface area contributed by atoms with Crippen LogP contribution in [0.15, 0.2) is 27.8 Å². The first kappa shape index (κ1) is 15.9. The van der Waals surface area contributed by atoms with Crippen LogP contribution >= 0.6 is 0 Å². The van der Waals surface area contributed by atoms with Gasteiger partial charge in [-0.05, 0) is 31.4 Å². The van der Waals surface area contributed by atoms with Gasteiger partial charge < -0.3 is 14.6 Å². The summed E-state index contributed by atoms with van der Waals surface area (Å²) in [4.78, 5) is 7.05. The van der Waals surface area contributed by atoms with E-state index in [2.05, 4.69) is 24.2 Å². The average molecular weight is 291 g/mol. The van der Waals surface area contributed by atoms with Crippen LogP contribution in [0.3, 0.4) is 0 Å². The first-order valence-corrected chi connectivity index (χ1v) is 8.34. The zero-order chi connectivity index (χ0) is 14.9. The highest BCUT2D eigenvalue weighted by Gasteiger charge is 2.17. The quantitative estimate of drug-likeness (QED) is 0.618. The molecule has 1 aromatic rings. The molecule has 0 unspecified atom stereocenters. The lowest BCUT2D eigenvalue weighted by Gasteiger charge is -2.25.